The van der Waals surface area contributed by atoms with Gasteiger partial charge in [0.05, 0.1) is 6.61 Å². The number of carbonyl (C=O) groups is 2. The molecular formula is C29H30ClN3O3. The molecule has 0 unspecified atom stereocenters. The highest BCUT2D eigenvalue weighted by molar-refractivity contribution is 6.30. The first-order valence-corrected chi connectivity index (χ1v) is 12.8. The summed E-state index contributed by atoms with van der Waals surface area (Å²) in [6, 6.07) is 24.9. The van der Waals surface area contributed by atoms with E-state index in [1.807, 2.05) is 88.7 Å². The van der Waals surface area contributed by atoms with Crippen molar-refractivity contribution in [1.29, 1.82) is 0 Å². The molecule has 0 aliphatic carbocycles. The van der Waals surface area contributed by atoms with Crippen LogP contribution in [0.5, 0.6) is 5.75 Å². The highest BCUT2D eigenvalue weighted by Gasteiger charge is 2.37. The second kappa shape index (κ2) is 11.1. The van der Waals surface area contributed by atoms with Gasteiger partial charge in [-0.15, -0.1) is 0 Å². The van der Waals surface area contributed by atoms with Gasteiger partial charge in [0, 0.05) is 67.9 Å². The molecule has 0 aromatic heterocycles. The summed E-state index contributed by atoms with van der Waals surface area (Å²) in [7, 11) is 0. The van der Waals surface area contributed by atoms with Gasteiger partial charge in [0.2, 0.25) is 0 Å². The molecule has 2 fully saturated rings. The number of rotatable bonds is 7. The Kier molecular flexibility index (Phi) is 7.54. The van der Waals surface area contributed by atoms with Gasteiger partial charge in [-0.1, -0.05) is 41.9 Å². The van der Waals surface area contributed by atoms with Crippen molar-refractivity contribution >= 4 is 23.4 Å². The molecule has 2 aliphatic heterocycles. The zero-order valence-electron chi connectivity index (χ0n) is 20.2. The molecule has 0 N–H and O–H groups in total. The molecule has 2 amide bonds. The van der Waals surface area contributed by atoms with E-state index in [-0.39, 0.29) is 11.8 Å². The first-order valence-electron chi connectivity index (χ1n) is 12.4. The molecule has 3 aromatic carbocycles. The quantitative estimate of drug-likeness (QED) is 0.484. The first kappa shape index (κ1) is 24.3. The number of hydrogen-bond donors (Lipinski definition) is 0. The van der Waals surface area contributed by atoms with Crippen molar-refractivity contribution in [3.63, 3.8) is 0 Å². The van der Waals surface area contributed by atoms with Crippen LogP contribution in [0.4, 0.5) is 0 Å². The second-order valence-electron chi connectivity index (χ2n) is 9.31. The highest BCUT2D eigenvalue weighted by atomic mass is 35.5. The third-order valence-corrected chi connectivity index (χ3v) is 7.21. The maximum Gasteiger partial charge on any atom is 0.253 e. The van der Waals surface area contributed by atoms with E-state index < -0.39 is 0 Å². The van der Waals surface area contributed by atoms with Gasteiger partial charge in [-0.05, 0) is 54.1 Å². The second-order valence-corrected chi connectivity index (χ2v) is 9.74. The van der Waals surface area contributed by atoms with Crippen molar-refractivity contribution in [2.24, 2.45) is 0 Å². The first-order chi connectivity index (χ1) is 17.6. The van der Waals surface area contributed by atoms with E-state index in [1.54, 1.807) is 0 Å². The van der Waals surface area contributed by atoms with Crippen molar-refractivity contribution in [2.45, 2.75) is 12.5 Å². The standard InChI is InChI=1S/C29H30ClN3O3/c30-25-10-6-22(7-11-25)14-19-36-27-12-8-24(9-13-27)29(35)33-20-26(21-33)31-15-17-32(18-16-31)28(34)23-4-2-1-3-5-23/h1-13,26H,14-21H2. The number of piperazine rings is 1. The number of carbonyl (C=O) groups excluding carboxylic acids is 2. The third kappa shape index (κ3) is 5.72. The van der Waals surface area contributed by atoms with Gasteiger partial charge < -0.3 is 14.5 Å². The lowest BCUT2D eigenvalue weighted by molar-refractivity contribution is 0.00853. The Morgan fingerprint density at radius 1 is 0.750 bits per heavy atom. The van der Waals surface area contributed by atoms with Crippen LogP contribution in [0.15, 0.2) is 78.9 Å². The maximum atomic E-state index is 12.9. The molecule has 186 valence electrons. The number of likely N-dealkylation sites (tertiary alicyclic amines) is 1. The van der Waals surface area contributed by atoms with E-state index in [1.165, 1.54) is 5.56 Å². The van der Waals surface area contributed by atoms with Crippen molar-refractivity contribution in [1.82, 2.24) is 14.7 Å². The number of nitrogens with zero attached hydrogens (tertiary/aromatic N) is 3. The summed E-state index contributed by atoms with van der Waals surface area (Å²) in [6.45, 7) is 5.14. The van der Waals surface area contributed by atoms with Gasteiger partial charge in [-0.25, -0.2) is 0 Å². The largest absolute Gasteiger partial charge is 0.493 e. The molecule has 2 saturated heterocycles. The fraction of sp³-hybridized carbons (Fsp3) is 0.310. The van der Waals surface area contributed by atoms with E-state index in [0.29, 0.717) is 18.2 Å². The van der Waals surface area contributed by atoms with Crippen LogP contribution in [0.1, 0.15) is 26.3 Å². The van der Waals surface area contributed by atoms with E-state index in [2.05, 4.69) is 4.90 Å². The molecule has 3 aromatic rings. The fourth-order valence-corrected chi connectivity index (χ4v) is 4.85. The Morgan fingerprint density at radius 3 is 2.03 bits per heavy atom. The van der Waals surface area contributed by atoms with Crippen LogP contribution in [0, 0.1) is 0 Å². The van der Waals surface area contributed by atoms with Gasteiger partial charge in [0.15, 0.2) is 0 Å². The lowest BCUT2D eigenvalue weighted by Gasteiger charge is -2.48. The van der Waals surface area contributed by atoms with Crippen LogP contribution in [-0.4, -0.2) is 78.4 Å². The average molecular weight is 504 g/mol. The van der Waals surface area contributed by atoms with E-state index in [4.69, 9.17) is 16.3 Å². The fourth-order valence-electron chi connectivity index (χ4n) is 4.72. The highest BCUT2D eigenvalue weighted by Crippen LogP contribution is 2.22. The molecule has 0 atom stereocenters. The van der Waals surface area contributed by atoms with Crippen molar-refractivity contribution in [3.05, 3.63) is 101 Å². The van der Waals surface area contributed by atoms with Gasteiger partial charge >= 0.3 is 0 Å². The van der Waals surface area contributed by atoms with Crippen LogP contribution in [0.25, 0.3) is 0 Å². The number of halogens is 1. The molecule has 6 nitrogen and oxygen atoms in total. The minimum Gasteiger partial charge on any atom is -0.493 e. The van der Waals surface area contributed by atoms with E-state index in [9.17, 15) is 9.59 Å². The summed E-state index contributed by atoms with van der Waals surface area (Å²) in [4.78, 5) is 31.8. The van der Waals surface area contributed by atoms with Gasteiger partial charge in [-0.3, -0.25) is 14.5 Å². The van der Waals surface area contributed by atoms with Gasteiger partial charge in [0.1, 0.15) is 5.75 Å². The summed E-state index contributed by atoms with van der Waals surface area (Å²) in [5, 5.41) is 0.728. The number of amides is 2. The molecule has 0 radical (unpaired) electrons. The predicted molar refractivity (Wildman–Crippen MR) is 141 cm³/mol. The molecule has 36 heavy (non-hydrogen) atoms. The molecular weight excluding hydrogens is 474 g/mol. The summed E-state index contributed by atoms with van der Waals surface area (Å²) in [5.74, 6) is 0.903. The van der Waals surface area contributed by atoms with Crippen molar-refractivity contribution in [2.75, 3.05) is 45.9 Å². The van der Waals surface area contributed by atoms with Crippen LogP contribution >= 0.6 is 11.6 Å². The van der Waals surface area contributed by atoms with Crippen LogP contribution < -0.4 is 4.74 Å². The third-order valence-electron chi connectivity index (χ3n) is 6.96. The molecule has 7 heteroatoms. The molecule has 2 aliphatic rings. The van der Waals surface area contributed by atoms with Gasteiger partial charge in [0.25, 0.3) is 11.8 Å². The zero-order chi connectivity index (χ0) is 24.9. The Bertz CT molecular complexity index is 1170. The predicted octanol–water partition coefficient (Wildman–Crippen LogP) is 4.24. The summed E-state index contributed by atoms with van der Waals surface area (Å²) in [5.41, 5.74) is 2.59. The molecule has 5 rings (SSSR count). The Hall–Kier alpha value is -3.35. The van der Waals surface area contributed by atoms with Crippen molar-refractivity contribution < 1.29 is 14.3 Å². The SMILES string of the molecule is O=C(c1ccccc1)N1CCN(C2CN(C(=O)c3ccc(OCCc4ccc(Cl)cc4)cc3)C2)CC1. The number of benzene rings is 3. The molecule has 0 saturated carbocycles. The minimum atomic E-state index is 0.0526. The summed E-state index contributed by atoms with van der Waals surface area (Å²) < 4.78 is 5.83. The van der Waals surface area contributed by atoms with E-state index >= 15 is 0 Å². The molecule has 0 bridgehead atoms. The smallest absolute Gasteiger partial charge is 0.253 e. The summed E-state index contributed by atoms with van der Waals surface area (Å²) in [6.07, 6.45) is 0.793. The molecule has 2 heterocycles. The monoisotopic (exact) mass is 503 g/mol. The lowest BCUT2D eigenvalue weighted by atomic mass is 10.0. The van der Waals surface area contributed by atoms with Gasteiger partial charge in [-0.2, -0.15) is 0 Å². The maximum absolute atomic E-state index is 12.9. The van der Waals surface area contributed by atoms with Crippen molar-refractivity contribution in [3.8, 4) is 5.75 Å². The van der Waals surface area contributed by atoms with Crippen LogP contribution in [0.3, 0.4) is 0 Å². The zero-order valence-corrected chi connectivity index (χ0v) is 20.9. The normalized spacial score (nSPS) is 16.5. The topological polar surface area (TPSA) is 53.1 Å². The number of hydrogen-bond acceptors (Lipinski definition) is 4. The number of ether oxygens (including phenoxy) is 1. The molecule has 0 spiro atoms. The minimum absolute atomic E-state index is 0.0526. The Balaban J connectivity index is 1.04. The average Bonchev–Trinajstić information content (AvgIpc) is 2.90. The van der Waals surface area contributed by atoms with Crippen LogP contribution in [-0.2, 0) is 6.42 Å². The summed E-state index contributed by atoms with van der Waals surface area (Å²) >= 11 is 5.92. The Morgan fingerprint density at radius 2 is 1.36 bits per heavy atom. The van der Waals surface area contributed by atoms with Crippen LogP contribution in [0.2, 0.25) is 5.02 Å². The van der Waals surface area contributed by atoms with E-state index in [0.717, 1.165) is 62.0 Å². The lowest BCUT2D eigenvalue weighted by Crippen LogP contribution is -2.64. The Labute approximate surface area is 217 Å².